The van der Waals surface area contributed by atoms with Gasteiger partial charge >= 0.3 is 0 Å². The standard InChI is InChI=1S/C17H17NO2/c1-12-3-7-14(8-4-12)16(19)17(20)15-9-5-13(6-10-15)11-18-2/h3-10,18H,11H2,1-2H3. The largest absolute Gasteiger partial charge is 0.316 e. The van der Waals surface area contributed by atoms with Crippen molar-refractivity contribution in [1.82, 2.24) is 5.32 Å². The van der Waals surface area contributed by atoms with Crippen molar-refractivity contribution in [3.8, 4) is 0 Å². The zero-order valence-electron chi connectivity index (χ0n) is 11.6. The SMILES string of the molecule is CNCc1ccc(C(=O)C(=O)c2ccc(C)cc2)cc1. The molecule has 2 aromatic carbocycles. The molecule has 0 heterocycles. The summed E-state index contributed by atoms with van der Waals surface area (Å²) in [5, 5.41) is 3.03. The van der Waals surface area contributed by atoms with Gasteiger partial charge in [-0.25, -0.2) is 0 Å². The van der Waals surface area contributed by atoms with Gasteiger partial charge in [0, 0.05) is 17.7 Å². The van der Waals surface area contributed by atoms with Gasteiger partial charge in [0.1, 0.15) is 0 Å². The molecule has 0 unspecified atom stereocenters. The molecule has 0 fully saturated rings. The third-order valence-electron chi connectivity index (χ3n) is 3.12. The molecular formula is C17H17NO2. The van der Waals surface area contributed by atoms with E-state index in [0.717, 1.165) is 17.7 Å². The lowest BCUT2D eigenvalue weighted by Gasteiger charge is -2.03. The summed E-state index contributed by atoms with van der Waals surface area (Å²) in [6.07, 6.45) is 0. The Balaban J connectivity index is 2.18. The third kappa shape index (κ3) is 3.19. The summed E-state index contributed by atoms with van der Waals surface area (Å²) >= 11 is 0. The predicted molar refractivity (Wildman–Crippen MR) is 79.0 cm³/mol. The van der Waals surface area contributed by atoms with Crippen molar-refractivity contribution in [2.45, 2.75) is 13.5 Å². The Bertz CT molecular complexity index is 612. The summed E-state index contributed by atoms with van der Waals surface area (Å²) in [6, 6.07) is 14.1. The number of rotatable bonds is 5. The first-order valence-corrected chi connectivity index (χ1v) is 6.51. The Morgan fingerprint density at radius 1 is 0.850 bits per heavy atom. The van der Waals surface area contributed by atoms with E-state index in [1.165, 1.54) is 0 Å². The van der Waals surface area contributed by atoms with Gasteiger partial charge in [-0.1, -0.05) is 54.1 Å². The fourth-order valence-electron chi connectivity index (χ4n) is 1.95. The van der Waals surface area contributed by atoms with Gasteiger partial charge in [-0.3, -0.25) is 9.59 Å². The molecular weight excluding hydrogens is 250 g/mol. The Labute approximate surface area is 118 Å². The molecule has 2 aromatic rings. The molecule has 1 N–H and O–H groups in total. The Kier molecular flexibility index (Phi) is 4.43. The maximum Gasteiger partial charge on any atom is 0.233 e. The number of ketones is 2. The van der Waals surface area contributed by atoms with E-state index in [1.807, 2.05) is 38.2 Å². The molecule has 0 radical (unpaired) electrons. The van der Waals surface area contributed by atoms with Crippen LogP contribution in [-0.2, 0) is 6.54 Å². The number of benzene rings is 2. The normalized spacial score (nSPS) is 10.3. The summed E-state index contributed by atoms with van der Waals surface area (Å²) in [4.78, 5) is 24.2. The highest BCUT2D eigenvalue weighted by atomic mass is 16.2. The zero-order valence-corrected chi connectivity index (χ0v) is 11.6. The fourth-order valence-corrected chi connectivity index (χ4v) is 1.95. The van der Waals surface area contributed by atoms with Gasteiger partial charge < -0.3 is 5.32 Å². The third-order valence-corrected chi connectivity index (χ3v) is 3.12. The minimum atomic E-state index is -0.468. The van der Waals surface area contributed by atoms with Crippen LogP contribution in [0.5, 0.6) is 0 Å². The van der Waals surface area contributed by atoms with Gasteiger partial charge in [0.05, 0.1) is 0 Å². The number of aryl methyl sites for hydroxylation is 1. The molecule has 2 rings (SSSR count). The average molecular weight is 267 g/mol. The van der Waals surface area contributed by atoms with Crippen LogP contribution < -0.4 is 5.32 Å². The van der Waals surface area contributed by atoms with Gasteiger partial charge in [-0.15, -0.1) is 0 Å². The summed E-state index contributed by atoms with van der Waals surface area (Å²) < 4.78 is 0. The lowest BCUT2D eigenvalue weighted by Crippen LogP contribution is -2.14. The molecule has 0 aliphatic carbocycles. The number of hydrogen-bond acceptors (Lipinski definition) is 3. The van der Waals surface area contributed by atoms with E-state index >= 15 is 0 Å². The number of nitrogens with one attached hydrogen (secondary N) is 1. The van der Waals surface area contributed by atoms with Gasteiger partial charge in [0.25, 0.3) is 0 Å². The van der Waals surface area contributed by atoms with Crippen LogP contribution in [0.15, 0.2) is 48.5 Å². The second kappa shape index (κ2) is 6.26. The first kappa shape index (κ1) is 14.2. The lowest BCUT2D eigenvalue weighted by molar-refractivity contribution is 0.0817. The van der Waals surface area contributed by atoms with E-state index in [2.05, 4.69) is 5.32 Å². The molecule has 0 saturated carbocycles. The Hall–Kier alpha value is -2.26. The van der Waals surface area contributed by atoms with E-state index in [9.17, 15) is 9.59 Å². The average Bonchev–Trinajstić information content (AvgIpc) is 2.48. The van der Waals surface area contributed by atoms with Crippen molar-refractivity contribution in [1.29, 1.82) is 0 Å². The molecule has 0 atom stereocenters. The quantitative estimate of drug-likeness (QED) is 0.669. The van der Waals surface area contributed by atoms with Crippen LogP contribution in [0.2, 0.25) is 0 Å². The summed E-state index contributed by atoms with van der Waals surface area (Å²) in [7, 11) is 1.86. The molecule has 20 heavy (non-hydrogen) atoms. The van der Waals surface area contributed by atoms with E-state index in [4.69, 9.17) is 0 Å². The smallest absolute Gasteiger partial charge is 0.233 e. The van der Waals surface area contributed by atoms with Crippen LogP contribution in [0, 0.1) is 6.92 Å². The number of Topliss-reactive ketones (excluding diaryl/α,β-unsaturated/α-hetero) is 2. The van der Waals surface area contributed by atoms with Crippen molar-refractivity contribution in [3.63, 3.8) is 0 Å². The second-order valence-corrected chi connectivity index (χ2v) is 4.75. The van der Waals surface area contributed by atoms with E-state index in [0.29, 0.717) is 11.1 Å². The number of carbonyl (C=O) groups excluding carboxylic acids is 2. The minimum absolute atomic E-state index is 0.426. The highest BCUT2D eigenvalue weighted by Gasteiger charge is 2.17. The first-order valence-electron chi connectivity index (χ1n) is 6.51. The predicted octanol–water partition coefficient (Wildman–Crippen LogP) is 2.78. The summed E-state index contributed by atoms with van der Waals surface area (Å²) in [6.45, 7) is 2.68. The summed E-state index contributed by atoms with van der Waals surface area (Å²) in [5.41, 5.74) is 2.99. The fraction of sp³-hybridized carbons (Fsp3) is 0.176. The Morgan fingerprint density at radius 3 is 1.75 bits per heavy atom. The van der Waals surface area contributed by atoms with E-state index in [1.54, 1.807) is 24.3 Å². The highest BCUT2D eigenvalue weighted by Crippen LogP contribution is 2.10. The second-order valence-electron chi connectivity index (χ2n) is 4.75. The van der Waals surface area contributed by atoms with E-state index < -0.39 is 11.6 Å². The van der Waals surface area contributed by atoms with Crippen LogP contribution in [0.25, 0.3) is 0 Å². The molecule has 3 heteroatoms. The van der Waals surface area contributed by atoms with Crippen LogP contribution in [-0.4, -0.2) is 18.6 Å². The number of carbonyl (C=O) groups is 2. The van der Waals surface area contributed by atoms with Crippen LogP contribution in [0.3, 0.4) is 0 Å². The van der Waals surface area contributed by atoms with Crippen molar-refractivity contribution in [2.24, 2.45) is 0 Å². The van der Waals surface area contributed by atoms with Crippen molar-refractivity contribution in [2.75, 3.05) is 7.05 Å². The summed E-state index contributed by atoms with van der Waals surface area (Å²) in [5.74, 6) is -0.934. The van der Waals surface area contributed by atoms with E-state index in [-0.39, 0.29) is 0 Å². The van der Waals surface area contributed by atoms with Crippen molar-refractivity contribution >= 4 is 11.6 Å². The number of hydrogen-bond donors (Lipinski definition) is 1. The van der Waals surface area contributed by atoms with Crippen molar-refractivity contribution in [3.05, 3.63) is 70.8 Å². The first-order chi connectivity index (χ1) is 9.61. The highest BCUT2D eigenvalue weighted by molar-refractivity contribution is 6.49. The zero-order chi connectivity index (χ0) is 14.5. The monoisotopic (exact) mass is 267 g/mol. The van der Waals surface area contributed by atoms with Gasteiger partial charge in [0.15, 0.2) is 0 Å². The molecule has 102 valence electrons. The van der Waals surface area contributed by atoms with Gasteiger partial charge in [-0.2, -0.15) is 0 Å². The molecule has 0 saturated heterocycles. The van der Waals surface area contributed by atoms with Crippen LogP contribution in [0.1, 0.15) is 31.8 Å². The maximum atomic E-state index is 12.1. The van der Waals surface area contributed by atoms with Crippen LogP contribution >= 0.6 is 0 Å². The van der Waals surface area contributed by atoms with Gasteiger partial charge in [-0.05, 0) is 19.5 Å². The Morgan fingerprint density at radius 2 is 1.30 bits per heavy atom. The molecule has 0 bridgehead atoms. The lowest BCUT2D eigenvalue weighted by atomic mass is 10.00. The molecule has 0 aliphatic rings. The topological polar surface area (TPSA) is 46.2 Å². The van der Waals surface area contributed by atoms with Gasteiger partial charge in [0.2, 0.25) is 11.6 Å². The molecule has 0 aliphatic heterocycles. The minimum Gasteiger partial charge on any atom is -0.316 e. The molecule has 0 amide bonds. The maximum absolute atomic E-state index is 12.1. The molecule has 0 spiro atoms. The van der Waals surface area contributed by atoms with Crippen molar-refractivity contribution < 1.29 is 9.59 Å². The molecule has 3 nitrogen and oxygen atoms in total. The molecule has 0 aromatic heterocycles. The van der Waals surface area contributed by atoms with Crippen LogP contribution in [0.4, 0.5) is 0 Å².